The lowest BCUT2D eigenvalue weighted by Crippen LogP contribution is -2.32. The van der Waals surface area contributed by atoms with Crippen molar-refractivity contribution in [2.24, 2.45) is 15.7 Å². The van der Waals surface area contributed by atoms with Crippen molar-refractivity contribution in [3.8, 4) is 5.75 Å². The van der Waals surface area contributed by atoms with Crippen molar-refractivity contribution >= 4 is 41.2 Å². The molecule has 0 aliphatic carbocycles. The van der Waals surface area contributed by atoms with Crippen LogP contribution in [0.3, 0.4) is 0 Å². The summed E-state index contributed by atoms with van der Waals surface area (Å²) in [7, 11) is 1.55. The molecule has 124 valence electrons. The Morgan fingerprint density at radius 1 is 1.50 bits per heavy atom. The molecule has 0 saturated carbocycles. The first-order valence-corrected chi connectivity index (χ1v) is 6.60. The number of rotatable bonds is 3. The molecule has 0 fully saturated rings. The highest BCUT2D eigenvalue weighted by Gasteiger charge is 2.22. The number of nitrogens with zero attached hydrogens (tertiary/aromatic N) is 3. The summed E-state index contributed by atoms with van der Waals surface area (Å²) in [5, 5.41) is 17.7. The van der Waals surface area contributed by atoms with Gasteiger partial charge in [0.25, 0.3) is 6.47 Å². The number of anilines is 1. The summed E-state index contributed by atoms with van der Waals surface area (Å²) >= 11 is 0. The summed E-state index contributed by atoms with van der Waals surface area (Å²) in [5.41, 5.74) is 7.32. The van der Waals surface area contributed by atoms with Crippen LogP contribution in [0.5, 0.6) is 5.75 Å². The maximum Gasteiger partial charge on any atom is 0.290 e. The molecule has 1 aromatic heterocycles. The van der Waals surface area contributed by atoms with E-state index in [9.17, 15) is 4.79 Å². The Labute approximate surface area is 135 Å². The Hall–Kier alpha value is -3.65. The van der Waals surface area contributed by atoms with E-state index >= 15 is 0 Å². The van der Waals surface area contributed by atoms with Crippen LogP contribution >= 0.6 is 0 Å². The quantitative estimate of drug-likeness (QED) is 0.461. The molecule has 1 atom stereocenters. The standard InChI is InChI=1S/C13H12N6O2.CH2O2/c1-21-11-3-9-7(4-17-19-9)2-10(11)18-13-8(5-20)12(14)15-6-16-13;2-1-3/h2-4,6,13,18H,1H3,(H,17,19)(H2,14,15,16);1H,(H,2,3). The van der Waals surface area contributed by atoms with Crippen LogP contribution in [0.4, 0.5) is 5.69 Å². The third-order valence-corrected chi connectivity index (χ3v) is 3.12. The van der Waals surface area contributed by atoms with Crippen molar-refractivity contribution in [3.63, 3.8) is 0 Å². The van der Waals surface area contributed by atoms with Crippen molar-refractivity contribution in [2.75, 3.05) is 12.4 Å². The Morgan fingerprint density at radius 3 is 2.92 bits per heavy atom. The minimum absolute atomic E-state index is 0.0980. The number of ether oxygens (including phenoxy) is 1. The molecule has 2 aromatic rings. The van der Waals surface area contributed by atoms with E-state index in [1.807, 2.05) is 6.07 Å². The van der Waals surface area contributed by atoms with Gasteiger partial charge in [-0.1, -0.05) is 0 Å². The van der Waals surface area contributed by atoms with Gasteiger partial charge in [-0.05, 0) is 6.07 Å². The summed E-state index contributed by atoms with van der Waals surface area (Å²) < 4.78 is 5.33. The first-order valence-electron chi connectivity index (χ1n) is 6.60. The number of aromatic nitrogens is 2. The minimum atomic E-state index is -0.654. The van der Waals surface area contributed by atoms with Crippen LogP contribution in [-0.4, -0.2) is 53.2 Å². The molecule has 0 radical (unpaired) electrons. The van der Waals surface area contributed by atoms with E-state index in [0.717, 1.165) is 10.9 Å². The molecule has 10 heteroatoms. The second-order valence-corrected chi connectivity index (χ2v) is 4.46. The number of carbonyl (C=O) groups excluding carboxylic acids is 1. The average Bonchev–Trinajstić information content (AvgIpc) is 3.02. The van der Waals surface area contributed by atoms with Crippen molar-refractivity contribution in [1.82, 2.24) is 10.2 Å². The summed E-state index contributed by atoms with van der Waals surface area (Å²) in [6, 6.07) is 3.65. The second-order valence-electron chi connectivity index (χ2n) is 4.46. The molecule has 1 aromatic carbocycles. The predicted octanol–water partition coefficient (Wildman–Crippen LogP) is 0.167. The number of methoxy groups -OCH3 is 1. The Bertz CT molecular complexity index is 850. The number of carboxylic acid groups (broad SMARTS) is 1. The molecule has 0 saturated heterocycles. The smallest absolute Gasteiger partial charge is 0.290 e. The van der Waals surface area contributed by atoms with Crippen LogP contribution in [0.1, 0.15) is 0 Å². The van der Waals surface area contributed by atoms with Crippen LogP contribution in [0.25, 0.3) is 10.9 Å². The van der Waals surface area contributed by atoms with Gasteiger partial charge in [0, 0.05) is 11.5 Å². The number of nitrogens with one attached hydrogen (secondary N) is 2. The number of aromatic amines is 1. The summed E-state index contributed by atoms with van der Waals surface area (Å²) in [6.07, 6.45) is 2.34. The summed E-state index contributed by atoms with van der Waals surface area (Å²) in [4.78, 5) is 27.2. The van der Waals surface area contributed by atoms with Gasteiger partial charge in [-0.25, -0.2) is 14.8 Å². The monoisotopic (exact) mass is 330 g/mol. The number of nitrogens with two attached hydrogens (primary N) is 1. The predicted molar refractivity (Wildman–Crippen MR) is 88.1 cm³/mol. The maximum atomic E-state index is 11.0. The molecule has 3 rings (SSSR count). The zero-order valence-electron chi connectivity index (χ0n) is 12.6. The zero-order valence-corrected chi connectivity index (χ0v) is 12.6. The summed E-state index contributed by atoms with van der Waals surface area (Å²) in [5.74, 6) is 2.46. The molecular formula is C14H14N6O4. The van der Waals surface area contributed by atoms with Gasteiger partial charge >= 0.3 is 0 Å². The lowest BCUT2D eigenvalue weighted by Gasteiger charge is -2.20. The second kappa shape index (κ2) is 7.56. The van der Waals surface area contributed by atoms with Crippen molar-refractivity contribution < 1.29 is 19.4 Å². The topological polar surface area (TPSA) is 155 Å². The lowest BCUT2D eigenvalue weighted by molar-refractivity contribution is -0.122. The van der Waals surface area contributed by atoms with E-state index in [-0.39, 0.29) is 17.9 Å². The highest BCUT2D eigenvalue weighted by Crippen LogP contribution is 2.30. The van der Waals surface area contributed by atoms with Gasteiger partial charge in [0.2, 0.25) is 0 Å². The van der Waals surface area contributed by atoms with Crippen LogP contribution < -0.4 is 15.8 Å². The molecule has 1 unspecified atom stereocenters. The Kier molecular flexibility index (Phi) is 5.27. The number of H-pyrrole nitrogens is 1. The van der Waals surface area contributed by atoms with Crippen molar-refractivity contribution in [2.45, 2.75) is 6.17 Å². The molecule has 2 heterocycles. The number of fused-ring (bicyclic) bond motifs is 1. The van der Waals surface area contributed by atoms with Crippen LogP contribution in [0.15, 0.2) is 33.9 Å². The number of hydrogen-bond acceptors (Lipinski definition) is 8. The molecule has 10 nitrogen and oxygen atoms in total. The number of amidine groups is 1. The fraction of sp³-hybridized carbons (Fsp3) is 0.143. The molecule has 0 bridgehead atoms. The highest BCUT2D eigenvalue weighted by molar-refractivity contribution is 6.09. The molecule has 1 aliphatic heterocycles. The Balaban J connectivity index is 0.000000647. The molecule has 24 heavy (non-hydrogen) atoms. The van der Waals surface area contributed by atoms with E-state index in [1.54, 1.807) is 25.3 Å². The van der Waals surface area contributed by atoms with Gasteiger partial charge in [-0.15, -0.1) is 0 Å². The van der Waals surface area contributed by atoms with Crippen LogP contribution in [-0.2, 0) is 9.59 Å². The highest BCUT2D eigenvalue weighted by atomic mass is 16.5. The van der Waals surface area contributed by atoms with Crippen LogP contribution in [0.2, 0.25) is 0 Å². The Morgan fingerprint density at radius 2 is 2.25 bits per heavy atom. The third-order valence-electron chi connectivity index (χ3n) is 3.12. The van der Waals surface area contributed by atoms with Gasteiger partial charge in [-0.2, -0.15) is 5.10 Å². The first kappa shape index (κ1) is 16.7. The normalized spacial score (nSPS) is 15.8. The number of carbonyl (C=O) groups is 1. The fourth-order valence-electron chi connectivity index (χ4n) is 2.06. The van der Waals surface area contributed by atoms with E-state index in [1.165, 1.54) is 6.34 Å². The fourth-order valence-corrected chi connectivity index (χ4v) is 2.06. The molecule has 0 spiro atoms. The van der Waals surface area contributed by atoms with E-state index in [4.69, 9.17) is 20.4 Å². The van der Waals surface area contributed by atoms with E-state index in [2.05, 4.69) is 25.5 Å². The SMILES string of the molecule is COc1cc2[nH]ncc2cc1NC1N=CN=C(N)C1=C=O.O=CO. The van der Waals surface area contributed by atoms with E-state index in [0.29, 0.717) is 11.4 Å². The van der Waals surface area contributed by atoms with Crippen LogP contribution in [0, 0.1) is 0 Å². The first-order chi connectivity index (χ1) is 11.6. The van der Waals surface area contributed by atoms with Crippen molar-refractivity contribution in [1.29, 1.82) is 0 Å². The van der Waals surface area contributed by atoms with Crippen molar-refractivity contribution in [3.05, 3.63) is 23.9 Å². The van der Waals surface area contributed by atoms with Gasteiger partial charge in [0.15, 0.2) is 6.17 Å². The minimum Gasteiger partial charge on any atom is -0.495 e. The summed E-state index contributed by atoms with van der Waals surface area (Å²) in [6.45, 7) is -0.250. The average molecular weight is 330 g/mol. The molecule has 0 amide bonds. The largest absolute Gasteiger partial charge is 0.495 e. The van der Waals surface area contributed by atoms with Gasteiger partial charge in [0.05, 0.1) is 24.5 Å². The number of hydrogen-bond donors (Lipinski definition) is 4. The zero-order chi connectivity index (χ0) is 17.5. The maximum absolute atomic E-state index is 11.0. The van der Waals surface area contributed by atoms with Gasteiger partial charge in [-0.3, -0.25) is 9.89 Å². The third kappa shape index (κ3) is 3.39. The molecule has 1 aliphatic rings. The number of benzene rings is 1. The lowest BCUT2D eigenvalue weighted by atomic mass is 10.1. The molecule has 5 N–H and O–H groups in total. The molecular weight excluding hydrogens is 316 g/mol. The van der Waals surface area contributed by atoms with Gasteiger partial charge < -0.3 is 20.9 Å². The van der Waals surface area contributed by atoms with E-state index < -0.39 is 6.17 Å². The van der Waals surface area contributed by atoms with Gasteiger partial charge in [0.1, 0.15) is 29.4 Å². The number of aliphatic imine (C=N–C) groups is 2.